The highest BCUT2D eigenvalue weighted by Crippen LogP contribution is 2.25. The molecule has 2 aromatic rings. The predicted octanol–water partition coefficient (Wildman–Crippen LogP) is 1.84. The van der Waals surface area contributed by atoms with Crippen molar-refractivity contribution >= 4 is 23.2 Å². The average molecular weight is 411 g/mol. The minimum atomic E-state index is -0.740. The number of carbonyl (C=O) groups excluding carboxylic acids is 2. The molecule has 1 aliphatic rings. The quantitative estimate of drug-likeness (QED) is 0.719. The van der Waals surface area contributed by atoms with Crippen LogP contribution in [0.4, 0.5) is 10.1 Å². The molecule has 0 saturated carbocycles. The van der Waals surface area contributed by atoms with Gasteiger partial charge >= 0.3 is 0 Å². The Kier molecular flexibility index (Phi) is 6.79. The summed E-state index contributed by atoms with van der Waals surface area (Å²) in [6.07, 6.45) is 0.110. The van der Waals surface area contributed by atoms with Crippen molar-refractivity contribution in [2.24, 2.45) is 10.8 Å². The van der Waals surface area contributed by atoms with Gasteiger partial charge in [-0.25, -0.2) is 4.39 Å². The standard InChI is InChI=1S/C22H26FN5O2/c1-26(2)12-13-27(15-16-8-6-7-11-18(16)23)22(30)19-14-20(21(24)29)28(25-19)17-9-4-3-5-10-17/h3-11,20H,12-15H2,1-2H3,(H2,24,29). The van der Waals surface area contributed by atoms with Crippen LogP contribution in [0.3, 0.4) is 0 Å². The largest absolute Gasteiger partial charge is 0.368 e. The van der Waals surface area contributed by atoms with Gasteiger partial charge in [-0.1, -0.05) is 36.4 Å². The molecular formula is C22H26FN5O2. The number of hydrogen-bond acceptors (Lipinski definition) is 5. The summed E-state index contributed by atoms with van der Waals surface area (Å²) in [5.41, 5.74) is 6.91. The van der Waals surface area contributed by atoms with E-state index in [9.17, 15) is 14.0 Å². The van der Waals surface area contributed by atoms with E-state index >= 15 is 0 Å². The Hall–Kier alpha value is -3.26. The summed E-state index contributed by atoms with van der Waals surface area (Å²) in [5, 5.41) is 5.91. The van der Waals surface area contributed by atoms with Crippen molar-refractivity contribution in [2.75, 3.05) is 32.2 Å². The van der Waals surface area contributed by atoms with E-state index in [1.165, 1.54) is 11.1 Å². The number of nitrogens with zero attached hydrogens (tertiary/aromatic N) is 4. The first-order chi connectivity index (χ1) is 14.4. The van der Waals surface area contributed by atoms with E-state index < -0.39 is 11.9 Å². The van der Waals surface area contributed by atoms with Gasteiger partial charge in [-0.3, -0.25) is 14.6 Å². The van der Waals surface area contributed by atoms with Gasteiger partial charge in [-0.2, -0.15) is 5.10 Å². The molecule has 1 unspecified atom stereocenters. The Morgan fingerprint density at radius 1 is 1.10 bits per heavy atom. The van der Waals surface area contributed by atoms with Crippen molar-refractivity contribution in [2.45, 2.75) is 19.0 Å². The number of anilines is 1. The molecule has 0 aromatic heterocycles. The first-order valence-corrected chi connectivity index (χ1v) is 9.75. The third kappa shape index (κ3) is 5.01. The summed E-state index contributed by atoms with van der Waals surface area (Å²) in [7, 11) is 3.80. The number of rotatable bonds is 8. The smallest absolute Gasteiger partial charge is 0.270 e. The summed E-state index contributed by atoms with van der Waals surface area (Å²) < 4.78 is 14.2. The SMILES string of the molecule is CN(C)CCN(Cc1ccccc1F)C(=O)C1=NN(c2ccccc2)C(C(N)=O)C1. The summed E-state index contributed by atoms with van der Waals surface area (Å²) in [5.74, 6) is -1.25. The number of likely N-dealkylation sites (N-methyl/N-ethyl adjacent to an activating group) is 1. The van der Waals surface area contributed by atoms with Gasteiger partial charge < -0.3 is 15.5 Å². The maximum atomic E-state index is 14.2. The minimum absolute atomic E-state index is 0.110. The van der Waals surface area contributed by atoms with Gasteiger partial charge in [0.25, 0.3) is 5.91 Å². The second-order valence-electron chi connectivity index (χ2n) is 7.47. The third-order valence-electron chi connectivity index (χ3n) is 4.93. The van der Waals surface area contributed by atoms with Crippen molar-refractivity contribution in [3.8, 4) is 0 Å². The van der Waals surface area contributed by atoms with E-state index in [2.05, 4.69) is 5.10 Å². The molecule has 7 nitrogen and oxygen atoms in total. The van der Waals surface area contributed by atoms with Crippen LogP contribution in [0.2, 0.25) is 0 Å². The molecule has 0 bridgehead atoms. The number of primary amides is 1. The van der Waals surface area contributed by atoms with E-state index in [-0.39, 0.29) is 30.4 Å². The van der Waals surface area contributed by atoms with Gasteiger partial charge in [-0.05, 0) is 32.3 Å². The van der Waals surface area contributed by atoms with Crippen molar-refractivity contribution in [3.05, 3.63) is 66.0 Å². The molecule has 3 rings (SSSR count). The van der Waals surface area contributed by atoms with E-state index in [0.29, 0.717) is 24.3 Å². The molecule has 0 saturated heterocycles. The Bertz CT molecular complexity index is 932. The van der Waals surface area contributed by atoms with E-state index in [0.717, 1.165) is 0 Å². The van der Waals surface area contributed by atoms with Gasteiger partial charge in [0.2, 0.25) is 5.91 Å². The van der Waals surface area contributed by atoms with Crippen molar-refractivity contribution in [1.29, 1.82) is 0 Å². The lowest BCUT2D eigenvalue weighted by Crippen LogP contribution is -2.41. The van der Waals surface area contributed by atoms with Crippen molar-refractivity contribution < 1.29 is 14.0 Å². The Balaban J connectivity index is 1.87. The molecule has 0 radical (unpaired) electrons. The molecule has 2 N–H and O–H groups in total. The summed E-state index contributed by atoms with van der Waals surface area (Å²) in [4.78, 5) is 28.8. The number of para-hydroxylation sites is 1. The van der Waals surface area contributed by atoms with Gasteiger partial charge in [0.1, 0.15) is 17.6 Å². The lowest BCUT2D eigenvalue weighted by Gasteiger charge is -2.24. The average Bonchev–Trinajstić information content (AvgIpc) is 3.18. The molecule has 1 heterocycles. The van der Waals surface area contributed by atoms with Gasteiger partial charge in [0.05, 0.1) is 5.69 Å². The van der Waals surface area contributed by atoms with Crippen LogP contribution in [-0.2, 0) is 16.1 Å². The highest BCUT2D eigenvalue weighted by molar-refractivity contribution is 6.40. The zero-order chi connectivity index (χ0) is 21.7. The van der Waals surface area contributed by atoms with Crippen LogP contribution in [0.25, 0.3) is 0 Å². The number of amides is 2. The lowest BCUT2D eigenvalue weighted by atomic mass is 10.1. The highest BCUT2D eigenvalue weighted by Gasteiger charge is 2.36. The van der Waals surface area contributed by atoms with Crippen LogP contribution in [0, 0.1) is 5.82 Å². The monoisotopic (exact) mass is 411 g/mol. The first-order valence-electron chi connectivity index (χ1n) is 9.75. The van der Waals surface area contributed by atoms with Gasteiger partial charge in [0, 0.05) is 31.6 Å². The second kappa shape index (κ2) is 9.49. The normalized spacial score (nSPS) is 15.9. The van der Waals surface area contributed by atoms with Crippen LogP contribution in [0.1, 0.15) is 12.0 Å². The minimum Gasteiger partial charge on any atom is -0.368 e. The fourth-order valence-corrected chi connectivity index (χ4v) is 3.27. The van der Waals surface area contributed by atoms with Gasteiger partial charge in [-0.15, -0.1) is 0 Å². The first kappa shape index (κ1) is 21.4. The molecule has 0 fully saturated rings. The zero-order valence-corrected chi connectivity index (χ0v) is 17.2. The highest BCUT2D eigenvalue weighted by atomic mass is 19.1. The summed E-state index contributed by atoms with van der Waals surface area (Å²) in [6, 6.07) is 14.7. The molecule has 0 spiro atoms. The van der Waals surface area contributed by atoms with E-state index in [1.807, 2.05) is 37.2 Å². The molecule has 1 atom stereocenters. The lowest BCUT2D eigenvalue weighted by molar-refractivity contribution is -0.125. The molecule has 2 amide bonds. The Labute approximate surface area is 175 Å². The van der Waals surface area contributed by atoms with Crippen molar-refractivity contribution in [3.63, 3.8) is 0 Å². The summed E-state index contributed by atoms with van der Waals surface area (Å²) in [6.45, 7) is 1.12. The number of halogens is 1. The molecule has 2 aromatic carbocycles. The number of hydrazone groups is 1. The maximum absolute atomic E-state index is 14.2. The number of benzene rings is 2. The third-order valence-corrected chi connectivity index (χ3v) is 4.93. The van der Waals surface area contributed by atoms with Crippen molar-refractivity contribution in [1.82, 2.24) is 9.80 Å². The van der Waals surface area contributed by atoms with Crippen LogP contribution < -0.4 is 10.7 Å². The molecule has 1 aliphatic heterocycles. The topological polar surface area (TPSA) is 82.2 Å². The maximum Gasteiger partial charge on any atom is 0.270 e. The predicted molar refractivity (Wildman–Crippen MR) is 114 cm³/mol. The number of hydrogen-bond donors (Lipinski definition) is 1. The molecule has 0 aliphatic carbocycles. The number of nitrogens with two attached hydrogens (primary N) is 1. The van der Waals surface area contributed by atoms with Crippen LogP contribution in [0.5, 0.6) is 0 Å². The number of carbonyl (C=O) groups is 2. The molecular weight excluding hydrogens is 385 g/mol. The Morgan fingerprint density at radius 3 is 2.40 bits per heavy atom. The second-order valence-corrected chi connectivity index (χ2v) is 7.47. The zero-order valence-electron chi connectivity index (χ0n) is 17.2. The van der Waals surface area contributed by atoms with Crippen LogP contribution in [-0.4, -0.2) is 60.6 Å². The Morgan fingerprint density at radius 2 is 1.77 bits per heavy atom. The molecule has 158 valence electrons. The summed E-state index contributed by atoms with van der Waals surface area (Å²) >= 11 is 0. The fourth-order valence-electron chi connectivity index (χ4n) is 3.27. The van der Waals surface area contributed by atoms with E-state index in [4.69, 9.17) is 5.73 Å². The fraction of sp³-hybridized carbons (Fsp3) is 0.318. The molecule has 30 heavy (non-hydrogen) atoms. The van der Waals surface area contributed by atoms with Gasteiger partial charge in [0.15, 0.2) is 0 Å². The van der Waals surface area contributed by atoms with Crippen LogP contribution in [0.15, 0.2) is 59.7 Å². The molecule has 8 heteroatoms. The van der Waals surface area contributed by atoms with Crippen LogP contribution >= 0.6 is 0 Å². The van der Waals surface area contributed by atoms with E-state index in [1.54, 1.807) is 35.2 Å².